The minimum absolute atomic E-state index is 1.16. The number of allylic oxidation sites excluding steroid dienone is 6. The van der Waals surface area contributed by atoms with Crippen molar-refractivity contribution < 1.29 is 26.3 Å². The molecule has 0 heterocycles. The number of rotatable bonds is 0. The van der Waals surface area contributed by atoms with Gasteiger partial charge in [-0.15, -0.1) is 0 Å². The molecule has 3 rings (SSSR count). The van der Waals surface area contributed by atoms with Gasteiger partial charge in [-0.3, -0.25) is 0 Å². The molecule has 88 valence electrons. The summed E-state index contributed by atoms with van der Waals surface area (Å²) in [6.45, 7) is 0. The third kappa shape index (κ3) is 1.66. The maximum atomic E-state index is 12.6. The van der Waals surface area contributed by atoms with Gasteiger partial charge in [0.05, 0.1) is 11.1 Å². The Hall–Kier alpha value is -1.20. The van der Waals surface area contributed by atoms with Gasteiger partial charge in [-0.25, -0.2) is 0 Å². The van der Waals surface area contributed by atoms with Gasteiger partial charge in [-0.05, 0) is 0 Å². The summed E-state index contributed by atoms with van der Waals surface area (Å²) in [5.41, 5.74) is -2.95. The standard InChI is InChI=1S/C10H6F6/c11-9(12,13)7-5-1-2-6(4-3-5)8(7)10(14,15)16/h1-6H. The molecule has 0 nitrogen and oxygen atoms in total. The lowest BCUT2D eigenvalue weighted by molar-refractivity contribution is -0.122. The summed E-state index contributed by atoms with van der Waals surface area (Å²) < 4.78 is 75.3. The smallest absolute Gasteiger partial charge is 0.166 e. The van der Waals surface area contributed by atoms with Gasteiger partial charge in [0.15, 0.2) is 0 Å². The van der Waals surface area contributed by atoms with Gasteiger partial charge < -0.3 is 0 Å². The molecule has 0 amide bonds. The highest BCUT2D eigenvalue weighted by Crippen LogP contribution is 2.49. The van der Waals surface area contributed by atoms with E-state index in [1.54, 1.807) is 0 Å². The Labute approximate surface area is 86.9 Å². The quantitative estimate of drug-likeness (QED) is 0.446. The molecule has 0 saturated heterocycles. The van der Waals surface area contributed by atoms with Crippen molar-refractivity contribution in [3.8, 4) is 0 Å². The highest BCUT2D eigenvalue weighted by Gasteiger charge is 2.51. The lowest BCUT2D eigenvalue weighted by Crippen LogP contribution is -2.33. The highest BCUT2D eigenvalue weighted by molar-refractivity contribution is 5.45. The third-order valence-corrected chi connectivity index (χ3v) is 2.62. The second-order valence-corrected chi connectivity index (χ2v) is 3.64. The minimum atomic E-state index is -4.94. The maximum absolute atomic E-state index is 12.6. The summed E-state index contributed by atoms with van der Waals surface area (Å²) in [6.07, 6.45) is -5.26. The van der Waals surface area contributed by atoms with E-state index < -0.39 is 35.3 Å². The minimum Gasteiger partial charge on any atom is -0.166 e. The van der Waals surface area contributed by atoms with E-state index in [0.717, 1.165) is 24.3 Å². The first kappa shape index (κ1) is 11.3. The molecule has 0 spiro atoms. The zero-order valence-electron chi connectivity index (χ0n) is 7.73. The van der Waals surface area contributed by atoms with E-state index in [1.165, 1.54) is 0 Å². The van der Waals surface area contributed by atoms with E-state index in [9.17, 15) is 26.3 Å². The fourth-order valence-electron chi connectivity index (χ4n) is 2.03. The molecule has 16 heavy (non-hydrogen) atoms. The van der Waals surface area contributed by atoms with Crippen molar-refractivity contribution in [2.45, 2.75) is 12.4 Å². The number of hydrogen-bond donors (Lipinski definition) is 0. The molecule has 3 aliphatic rings. The molecule has 0 unspecified atom stereocenters. The van der Waals surface area contributed by atoms with Crippen LogP contribution >= 0.6 is 0 Å². The summed E-state index contributed by atoms with van der Waals surface area (Å²) in [5, 5.41) is 0. The van der Waals surface area contributed by atoms with E-state index in [-0.39, 0.29) is 0 Å². The Morgan fingerprint density at radius 3 is 1.06 bits per heavy atom. The summed E-state index contributed by atoms with van der Waals surface area (Å²) in [5.74, 6) is -2.61. The molecule has 0 aromatic carbocycles. The molecule has 0 radical (unpaired) electrons. The number of halogens is 6. The maximum Gasteiger partial charge on any atom is 0.413 e. The summed E-state index contributed by atoms with van der Waals surface area (Å²) in [6, 6.07) is 0. The fraction of sp³-hybridized carbons (Fsp3) is 0.400. The fourth-order valence-corrected chi connectivity index (χ4v) is 2.03. The van der Waals surface area contributed by atoms with Crippen LogP contribution in [0.2, 0.25) is 0 Å². The van der Waals surface area contributed by atoms with Gasteiger partial charge in [-0.2, -0.15) is 26.3 Å². The van der Waals surface area contributed by atoms with E-state index in [1.807, 2.05) is 0 Å². The molecule has 6 heteroatoms. The van der Waals surface area contributed by atoms with Crippen molar-refractivity contribution in [1.82, 2.24) is 0 Å². The van der Waals surface area contributed by atoms with Crippen LogP contribution in [0.4, 0.5) is 26.3 Å². The Bertz CT molecular complexity index is 343. The predicted molar refractivity (Wildman–Crippen MR) is 44.4 cm³/mol. The highest BCUT2D eigenvalue weighted by atomic mass is 19.4. The molecule has 0 fully saturated rings. The van der Waals surface area contributed by atoms with Crippen LogP contribution in [0.1, 0.15) is 0 Å². The monoisotopic (exact) mass is 240 g/mol. The molecule has 3 aliphatic carbocycles. The molecule has 0 aromatic rings. The van der Waals surface area contributed by atoms with Crippen molar-refractivity contribution in [2.24, 2.45) is 11.8 Å². The molecule has 2 bridgehead atoms. The van der Waals surface area contributed by atoms with Crippen molar-refractivity contribution in [2.75, 3.05) is 0 Å². The van der Waals surface area contributed by atoms with Gasteiger partial charge in [0.25, 0.3) is 0 Å². The normalized spacial score (nSPS) is 29.1. The second kappa shape index (κ2) is 3.15. The van der Waals surface area contributed by atoms with E-state index in [4.69, 9.17) is 0 Å². The Balaban J connectivity index is 2.57. The van der Waals surface area contributed by atoms with E-state index in [2.05, 4.69) is 0 Å². The van der Waals surface area contributed by atoms with Crippen LogP contribution in [0.3, 0.4) is 0 Å². The van der Waals surface area contributed by atoms with Crippen molar-refractivity contribution in [3.63, 3.8) is 0 Å². The topological polar surface area (TPSA) is 0 Å². The van der Waals surface area contributed by atoms with Crippen LogP contribution in [0.25, 0.3) is 0 Å². The van der Waals surface area contributed by atoms with Gasteiger partial charge in [0.2, 0.25) is 0 Å². The van der Waals surface area contributed by atoms with Gasteiger partial charge >= 0.3 is 12.4 Å². The van der Waals surface area contributed by atoms with E-state index in [0.29, 0.717) is 0 Å². The van der Waals surface area contributed by atoms with Crippen molar-refractivity contribution in [1.29, 1.82) is 0 Å². The van der Waals surface area contributed by atoms with Gasteiger partial charge in [0, 0.05) is 11.8 Å². The molecule has 0 aromatic heterocycles. The third-order valence-electron chi connectivity index (χ3n) is 2.62. The van der Waals surface area contributed by atoms with Crippen molar-refractivity contribution >= 4 is 0 Å². The molecular weight excluding hydrogens is 234 g/mol. The summed E-state index contributed by atoms with van der Waals surface area (Å²) in [4.78, 5) is 0. The summed E-state index contributed by atoms with van der Waals surface area (Å²) in [7, 11) is 0. The number of hydrogen-bond acceptors (Lipinski definition) is 0. The largest absolute Gasteiger partial charge is 0.413 e. The van der Waals surface area contributed by atoms with Crippen molar-refractivity contribution in [3.05, 3.63) is 35.5 Å². The number of alkyl halides is 6. The molecule has 0 saturated carbocycles. The Kier molecular flexibility index (Phi) is 2.22. The SMILES string of the molecule is FC(F)(F)C1=C(C(F)(F)F)C2C=CC1C=C2. The molecular formula is C10H6F6. The van der Waals surface area contributed by atoms with Crippen LogP contribution in [0.15, 0.2) is 35.5 Å². The first-order valence-corrected chi connectivity index (χ1v) is 4.46. The van der Waals surface area contributed by atoms with Gasteiger partial charge in [0.1, 0.15) is 0 Å². The second-order valence-electron chi connectivity index (χ2n) is 3.64. The van der Waals surface area contributed by atoms with Crippen LogP contribution in [-0.4, -0.2) is 12.4 Å². The van der Waals surface area contributed by atoms with Gasteiger partial charge in [-0.1, -0.05) is 24.3 Å². The average molecular weight is 240 g/mol. The van der Waals surface area contributed by atoms with Crippen LogP contribution in [-0.2, 0) is 0 Å². The zero-order chi connectivity index (χ0) is 12.1. The summed E-state index contributed by atoms with van der Waals surface area (Å²) >= 11 is 0. The van der Waals surface area contributed by atoms with Crippen LogP contribution in [0, 0.1) is 11.8 Å². The zero-order valence-corrected chi connectivity index (χ0v) is 7.73. The first-order valence-electron chi connectivity index (χ1n) is 4.46. The lowest BCUT2D eigenvalue weighted by atomic mass is 9.75. The predicted octanol–water partition coefficient (Wildman–Crippen LogP) is 3.78. The van der Waals surface area contributed by atoms with Crippen LogP contribution < -0.4 is 0 Å². The molecule has 0 atom stereocenters. The van der Waals surface area contributed by atoms with Crippen LogP contribution in [0.5, 0.6) is 0 Å². The molecule has 0 N–H and O–H groups in total. The average Bonchev–Trinajstić information content (AvgIpc) is 2.15. The Morgan fingerprint density at radius 1 is 0.625 bits per heavy atom. The molecule has 0 aliphatic heterocycles. The Morgan fingerprint density at radius 2 is 0.875 bits per heavy atom. The van der Waals surface area contributed by atoms with E-state index >= 15 is 0 Å². The first-order chi connectivity index (χ1) is 7.21. The lowest BCUT2D eigenvalue weighted by Gasteiger charge is -2.33.